The summed E-state index contributed by atoms with van der Waals surface area (Å²) in [4.78, 5) is 0. The van der Waals surface area contributed by atoms with Crippen molar-refractivity contribution in [2.45, 2.75) is 32.9 Å². The molecule has 0 radical (unpaired) electrons. The van der Waals surface area contributed by atoms with E-state index in [-0.39, 0.29) is 6.61 Å². The lowest BCUT2D eigenvalue weighted by Gasteiger charge is -2.22. The van der Waals surface area contributed by atoms with Crippen LogP contribution in [0.3, 0.4) is 0 Å². The van der Waals surface area contributed by atoms with Crippen molar-refractivity contribution in [1.29, 1.82) is 0 Å². The molecular formula is C13H19BrClNO. The molecule has 0 saturated heterocycles. The van der Waals surface area contributed by atoms with Crippen LogP contribution in [0.5, 0.6) is 0 Å². The zero-order valence-electron chi connectivity index (χ0n) is 10.2. The summed E-state index contributed by atoms with van der Waals surface area (Å²) in [6.45, 7) is 5.31. The summed E-state index contributed by atoms with van der Waals surface area (Å²) < 4.78 is 1.02. The van der Waals surface area contributed by atoms with Gasteiger partial charge in [0.05, 0.1) is 0 Å². The highest BCUT2D eigenvalue weighted by atomic mass is 79.9. The van der Waals surface area contributed by atoms with Gasteiger partial charge in [-0.25, -0.2) is 0 Å². The fourth-order valence-corrected chi connectivity index (χ4v) is 2.54. The molecule has 96 valence electrons. The average Bonchev–Trinajstić information content (AvgIpc) is 2.25. The molecule has 0 aliphatic carbocycles. The van der Waals surface area contributed by atoms with Gasteiger partial charge in [-0.2, -0.15) is 0 Å². The van der Waals surface area contributed by atoms with E-state index in [0.29, 0.717) is 12.0 Å². The molecule has 0 aliphatic heterocycles. The molecule has 2 nitrogen and oxygen atoms in total. The molecule has 0 fully saturated rings. The molecule has 17 heavy (non-hydrogen) atoms. The number of hydrogen-bond donors (Lipinski definition) is 2. The van der Waals surface area contributed by atoms with Gasteiger partial charge in [-0.15, -0.1) is 0 Å². The molecule has 4 heteroatoms. The number of halogens is 2. The Bertz CT molecular complexity index is 357. The fraction of sp³-hybridized carbons (Fsp3) is 0.538. The predicted octanol–water partition coefficient (Wildman–Crippen LogP) is 3.60. The van der Waals surface area contributed by atoms with E-state index in [4.69, 9.17) is 16.7 Å². The Morgan fingerprint density at radius 3 is 2.65 bits per heavy atom. The highest BCUT2D eigenvalue weighted by Crippen LogP contribution is 2.21. The summed E-state index contributed by atoms with van der Waals surface area (Å²) in [6.07, 6.45) is 0.781. The van der Waals surface area contributed by atoms with Crippen molar-refractivity contribution in [3.05, 3.63) is 33.3 Å². The monoisotopic (exact) mass is 319 g/mol. The van der Waals surface area contributed by atoms with E-state index in [2.05, 4.69) is 35.1 Å². The number of aliphatic hydroxyl groups excluding tert-OH is 1. The molecule has 0 heterocycles. The molecular weight excluding hydrogens is 302 g/mol. The van der Waals surface area contributed by atoms with Crippen LogP contribution in [0.2, 0.25) is 5.02 Å². The Hall–Kier alpha value is -0.0900. The largest absolute Gasteiger partial charge is 0.396 e. The summed E-state index contributed by atoms with van der Waals surface area (Å²) in [5, 5.41) is 13.2. The van der Waals surface area contributed by atoms with E-state index in [9.17, 15) is 0 Å². The first-order valence-corrected chi connectivity index (χ1v) is 7.00. The second kappa shape index (κ2) is 7.37. The maximum Gasteiger partial charge on any atom is 0.0445 e. The Kier molecular flexibility index (Phi) is 6.49. The third kappa shape index (κ3) is 4.96. The standard InChI is InChI=1S/C13H19BrClNO/c1-9(2)13(5-6-17)16-8-10-3-4-11(15)7-12(10)14/h3-4,7,9,13,16-17H,5-6,8H2,1-2H3. The fourth-order valence-electron chi connectivity index (χ4n) is 1.72. The predicted molar refractivity (Wildman–Crippen MR) is 76.3 cm³/mol. The van der Waals surface area contributed by atoms with Crippen LogP contribution in [0.25, 0.3) is 0 Å². The summed E-state index contributed by atoms with van der Waals surface area (Å²) in [6, 6.07) is 6.13. The lowest BCUT2D eigenvalue weighted by Crippen LogP contribution is -2.34. The molecule has 0 aliphatic rings. The van der Waals surface area contributed by atoms with Gasteiger partial charge in [0.15, 0.2) is 0 Å². The third-order valence-corrected chi connectivity index (χ3v) is 3.79. The van der Waals surface area contributed by atoms with Gasteiger partial charge >= 0.3 is 0 Å². The number of aliphatic hydroxyl groups is 1. The van der Waals surface area contributed by atoms with Crippen molar-refractivity contribution in [3.8, 4) is 0 Å². The zero-order valence-corrected chi connectivity index (χ0v) is 12.6. The Labute approximate surface area is 117 Å². The number of nitrogens with one attached hydrogen (secondary N) is 1. The van der Waals surface area contributed by atoms with E-state index < -0.39 is 0 Å². The summed E-state index contributed by atoms with van der Waals surface area (Å²) in [7, 11) is 0. The third-order valence-electron chi connectivity index (χ3n) is 2.81. The van der Waals surface area contributed by atoms with Gasteiger partial charge in [0.25, 0.3) is 0 Å². The maximum absolute atomic E-state index is 9.01. The Morgan fingerprint density at radius 1 is 1.41 bits per heavy atom. The van der Waals surface area contributed by atoms with Gasteiger partial charge in [0.1, 0.15) is 0 Å². The van der Waals surface area contributed by atoms with E-state index in [1.807, 2.05) is 18.2 Å². The van der Waals surface area contributed by atoms with Crippen LogP contribution >= 0.6 is 27.5 Å². The Morgan fingerprint density at radius 2 is 2.12 bits per heavy atom. The van der Waals surface area contributed by atoms with E-state index in [0.717, 1.165) is 22.5 Å². The van der Waals surface area contributed by atoms with Crippen molar-refractivity contribution in [2.24, 2.45) is 5.92 Å². The molecule has 1 aromatic carbocycles. The van der Waals surface area contributed by atoms with E-state index in [1.54, 1.807) is 0 Å². The molecule has 0 saturated carbocycles. The minimum absolute atomic E-state index is 0.220. The highest BCUT2D eigenvalue weighted by molar-refractivity contribution is 9.10. The molecule has 1 unspecified atom stereocenters. The van der Waals surface area contributed by atoms with Crippen molar-refractivity contribution >= 4 is 27.5 Å². The lowest BCUT2D eigenvalue weighted by molar-refractivity contribution is 0.244. The van der Waals surface area contributed by atoms with Crippen LogP contribution in [0.1, 0.15) is 25.8 Å². The number of benzene rings is 1. The second-order valence-electron chi connectivity index (χ2n) is 4.48. The molecule has 0 amide bonds. The van der Waals surface area contributed by atoms with Gasteiger partial charge < -0.3 is 10.4 Å². The molecule has 1 aromatic rings. The topological polar surface area (TPSA) is 32.3 Å². The smallest absolute Gasteiger partial charge is 0.0445 e. The normalized spacial score (nSPS) is 13.1. The number of rotatable bonds is 6. The van der Waals surface area contributed by atoms with Crippen molar-refractivity contribution in [2.75, 3.05) is 6.61 Å². The minimum atomic E-state index is 0.220. The van der Waals surface area contributed by atoms with Crippen molar-refractivity contribution < 1.29 is 5.11 Å². The quantitative estimate of drug-likeness (QED) is 0.839. The van der Waals surface area contributed by atoms with Crippen LogP contribution in [-0.4, -0.2) is 17.8 Å². The van der Waals surface area contributed by atoms with Crippen LogP contribution < -0.4 is 5.32 Å². The van der Waals surface area contributed by atoms with Crippen molar-refractivity contribution in [1.82, 2.24) is 5.32 Å². The first-order chi connectivity index (χ1) is 8.04. The number of hydrogen-bond acceptors (Lipinski definition) is 2. The SMILES string of the molecule is CC(C)C(CCO)NCc1ccc(Cl)cc1Br. The minimum Gasteiger partial charge on any atom is -0.396 e. The summed E-state index contributed by atoms with van der Waals surface area (Å²) in [5.41, 5.74) is 1.18. The van der Waals surface area contributed by atoms with Crippen LogP contribution in [-0.2, 0) is 6.54 Å². The first-order valence-electron chi connectivity index (χ1n) is 5.82. The molecule has 0 bridgehead atoms. The summed E-state index contributed by atoms with van der Waals surface area (Å²) in [5.74, 6) is 0.508. The second-order valence-corrected chi connectivity index (χ2v) is 5.77. The molecule has 1 rings (SSSR count). The van der Waals surface area contributed by atoms with E-state index in [1.165, 1.54) is 5.56 Å². The van der Waals surface area contributed by atoms with Gasteiger partial charge in [0.2, 0.25) is 0 Å². The van der Waals surface area contributed by atoms with Gasteiger partial charge in [-0.05, 0) is 30.0 Å². The lowest BCUT2D eigenvalue weighted by atomic mass is 10.0. The van der Waals surface area contributed by atoms with Gasteiger partial charge in [-0.3, -0.25) is 0 Å². The molecule has 2 N–H and O–H groups in total. The van der Waals surface area contributed by atoms with Crippen LogP contribution in [0.4, 0.5) is 0 Å². The van der Waals surface area contributed by atoms with Crippen LogP contribution in [0, 0.1) is 5.92 Å². The average molecular weight is 321 g/mol. The first kappa shape index (κ1) is 15.0. The zero-order chi connectivity index (χ0) is 12.8. The van der Waals surface area contributed by atoms with Gasteiger partial charge in [-0.1, -0.05) is 47.4 Å². The molecule has 1 atom stereocenters. The van der Waals surface area contributed by atoms with Crippen LogP contribution in [0.15, 0.2) is 22.7 Å². The van der Waals surface area contributed by atoms with Gasteiger partial charge in [0, 0.05) is 28.7 Å². The maximum atomic E-state index is 9.01. The molecule has 0 aromatic heterocycles. The van der Waals surface area contributed by atoms with E-state index >= 15 is 0 Å². The molecule has 0 spiro atoms. The van der Waals surface area contributed by atoms with Crippen molar-refractivity contribution in [3.63, 3.8) is 0 Å². The summed E-state index contributed by atoms with van der Waals surface area (Å²) >= 11 is 9.40. The highest BCUT2D eigenvalue weighted by Gasteiger charge is 2.12. The Balaban J connectivity index is 2.59.